The quantitative estimate of drug-likeness (QED) is 0.140. The molecule has 0 radical (unpaired) electrons. The van der Waals surface area contributed by atoms with E-state index < -0.39 is 18.5 Å². The molecule has 0 spiro atoms. The molecule has 44 heavy (non-hydrogen) atoms. The Morgan fingerprint density at radius 3 is 2.45 bits per heavy atom. The number of anilines is 2. The van der Waals surface area contributed by atoms with E-state index in [0.29, 0.717) is 65.1 Å². The number of ether oxygens (including phenoxy) is 3. The largest absolute Gasteiger partial charge is 0.490 e. The highest BCUT2D eigenvalue weighted by atomic mass is 35.5. The van der Waals surface area contributed by atoms with E-state index in [9.17, 15) is 19.5 Å². The minimum Gasteiger partial charge on any atom is -0.490 e. The van der Waals surface area contributed by atoms with Gasteiger partial charge in [0.1, 0.15) is 5.84 Å². The molecule has 1 saturated heterocycles. The zero-order valence-corrected chi connectivity index (χ0v) is 24.9. The topological polar surface area (TPSA) is 176 Å². The fraction of sp³-hybridized carbons (Fsp3) is 0.290. The van der Waals surface area contributed by atoms with Crippen molar-refractivity contribution in [3.05, 3.63) is 81.9 Å². The summed E-state index contributed by atoms with van der Waals surface area (Å²) in [6.07, 6.45) is 0.100. The first-order valence-corrected chi connectivity index (χ1v) is 14.3. The number of carboxylic acids is 1. The SMILES string of the molecule is CCOc1cc(CC(=O)N2CCOCC2)cc(CNc2ccc(Cl)cc2C(=O)Nc2ccc(C(=N)N)cc2)c1OCC(=O)O. The number of carbonyl (C=O) groups is 3. The molecule has 1 aliphatic rings. The molecule has 4 rings (SSSR count). The van der Waals surface area contributed by atoms with Gasteiger partial charge < -0.3 is 40.6 Å². The van der Waals surface area contributed by atoms with Crippen LogP contribution in [0.3, 0.4) is 0 Å². The molecule has 2 amide bonds. The van der Waals surface area contributed by atoms with Crippen molar-refractivity contribution in [2.24, 2.45) is 5.73 Å². The van der Waals surface area contributed by atoms with Gasteiger partial charge in [0.25, 0.3) is 5.91 Å². The van der Waals surface area contributed by atoms with Gasteiger partial charge in [-0.05, 0) is 67.1 Å². The normalized spacial score (nSPS) is 12.7. The molecule has 3 aromatic carbocycles. The van der Waals surface area contributed by atoms with Crippen molar-refractivity contribution < 1.29 is 33.7 Å². The van der Waals surface area contributed by atoms with Gasteiger partial charge in [-0.15, -0.1) is 0 Å². The van der Waals surface area contributed by atoms with Gasteiger partial charge in [0, 0.05) is 47.2 Å². The highest BCUT2D eigenvalue weighted by molar-refractivity contribution is 6.31. The van der Waals surface area contributed by atoms with Crippen LogP contribution in [0.2, 0.25) is 5.02 Å². The Kier molecular flexibility index (Phi) is 11.0. The third-order valence-electron chi connectivity index (χ3n) is 6.70. The van der Waals surface area contributed by atoms with Crippen molar-refractivity contribution in [1.82, 2.24) is 4.90 Å². The average Bonchev–Trinajstić information content (AvgIpc) is 3.00. The summed E-state index contributed by atoms with van der Waals surface area (Å²) in [4.78, 5) is 39.4. The molecular weight excluding hydrogens is 590 g/mol. The van der Waals surface area contributed by atoms with E-state index in [4.69, 9.17) is 37.0 Å². The second kappa shape index (κ2) is 15.1. The molecule has 0 atom stereocenters. The Morgan fingerprint density at radius 2 is 1.80 bits per heavy atom. The highest BCUT2D eigenvalue weighted by Gasteiger charge is 2.21. The maximum absolute atomic E-state index is 13.3. The summed E-state index contributed by atoms with van der Waals surface area (Å²) >= 11 is 6.24. The van der Waals surface area contributed by atoms with Crippen molar-refractivity contribution in [2.75, 3.05) is 50.2 Å². The number of aliphatic carboxylic acids is 1. The van der Waals surface area contributed by atoms with Crippen LogP contribution in [0.15, 0.2) is 54.6 Å². The molecule has 0 bridgehead atoms. The van der Waals surface area contributed by atoms with Crippen molar-refractivity contribution in [3.8, 4) is 11.5 Å². The summed E-state index contributed by atoms with van der Waals surface area (Å²) in [6, 6.07) is 14.8. The molecule has 13 heteroatoms. The van der Waals surface area contributed by atoms with Gasteiger partial charge in [0.2, 0.25) is 5.91 Å². The number of morpholine rings is 1. The number of rotatable bonds is 13. The van der Waals surface area contributed by atoms with E-state index in [1.165, 1.54) is 6.07 Å². The van der Waals surface area contributed by atoms with Crippen LogP contribution < -0.4 is 25.8 Å². The molecule has 1 aliphatic heterocycles. The van der Waals surface area contributed by atoms with Crippen LogP contribution in [-0.4, -0.2) is 73.1 Å². The Labute approximate surface area is 259 Å². The lowest BCUT2D eigenvalue weighted by Crippen LogP contribution is -2.41. The van der Waals surface area contributed by atoms with Crippen LogP contribution in [0.5, 0.6) is 11.5 Å². The van der Waals surface area contributed by atoms with Crippen LogP contribution in [0.1, 0.15) is 34.0 Å². The first-order valence-electron chi connectivity index (χ1n) is 13.9. The van der Waals surface area contributed by atoms with Crippen LogP contribution in [-0.2, 0) is 27.3 Å². The molecule has 1 heterocycles. The zero-order chi connectivity index (χ0) is 31.6. The number of nitrogens with two attached hydrogens (primary N) is 1. The van der Waals surface area contributed by atoms with E-state index in [-0.39, 0.29) is 42.6 Å². The number of nitrogens with zero attached hydrogens (tertiary/aromatic N) is 1. The van der Waals surface area contributed by atoms with E-state index in [2.05, 4.69) is 10.6 Å². The Bertz CT molecular complexity index is 1520. The molecule has 0 saturated carbocycles. The second-order valence-electron chi connectivity index (χ2n) is 9.86. The standard InChI is InChI=1S/C31H34ClN5O7/c1-2-43-26-14-19(15-27(38)37-9-11-42-12-10-37)13-21(29(26)44-18-28(39)40)17-35-25-8-5-22(32)16-24(25)31(41)36-23-6-3-20(4-7-23)30(33)34/h3-8,13-14,16,35H,2,9-12,15,17-18H2,1H3,(H3,33,34)(H,36,41)(H,39,40). The smallest absolute Gasteiger partial charge is 0.341 e. The van der Waals surface area contributed by atoms with E-state index >= 15 is 0 Å². The van der Waals surface area contributed by atoms with Gasteiger partial charge in [-0.3, -0.25) is 15.0 Å². The lowest BCUT2D eigenvalue weighted by atomic mass is 10.0. The summed E-state index contributed by atoms with van der Waals surface area (Å²) in [7, 11) is 0. The van der Waals surface area contributed by atoms with Gasteiger partial charge >= 0.3 is 5.97 Å². The first-order chi connectivity index (χ1) is 21.1. The maximum Gasteiger partial charge on any atom is 0.341 e. The van der Waals surface area contributed by atoms with Crippen LogP contribution in [0.4, 0.5) is 11.4 Å². The van der Waals surface area contributed by atoms with Crippen LogP contribution in [0.25, 0.3) is 0 Å². The fourth-order valence-electron chi connectivity index (χ4n) is 4.60. The zero-order valence-electron chi connectivity index (χ0n) is 24.2. The van der Waals surface area contributed by atoms with E-state index in [1.807, 2.05) is 0 Å². The molecule has 6 N–H and O–H groups in total. The number of carbonyl (C=O) groups excluding carboxylic acids is 2. The summed E-state index contributed by atoms with van der Waals surface area (Å²) in [6.45, 7) is 3.55. The molecule has 0 aliphatic carbocycles. The van der Waals surface area contributed by atoms with Crippen LogP contribution in [0, 0.1) is 5.41 Å². The second-order valence-corrected chi connectivity index (χ2v) is 10.3. The van der Waals surface area contributed by atoms with Gasteiger partial charge in [-0.1, -0.05) is 11.6 Å². The van der Waals surface area contributed by atoms with Gasteiger partial charge in [0.15, 0.2) is 18.1 Å². The average molecular weight is 624 g/mol. The fourth-order valence-corrected chi connectivity index (χ4v) is 4.77. The Balaban J connectivity index is 1.61. The predicted octanol–water partition coefficient (Wildman–Crippen LogP) is 3.75. The minimum absolute atomic E-state index is 0.0677. The molecule has 232 valence electrons. The summed E-state index contributed by atoms with van der Waals surface area (Å²) in [5.41, 5.74) is 8.43. The van der Waals surface area contributed by atoms with Gasteiger partial charge in [0.05, 0.1) is 31.8 Å². The monoisotopic (exact) mass is 623 g/mol. The number of benzene rings is 3. The van der Waals surface area contributed by atoms with Gasteiger partial charge in [-0.2, -0.15) is 0 Å². The van der Waals surface area contributed by atoms with Crippen molar-refractivity contribution in [3.63, 3.8) is 0 Å². The molecule has 1 fully saturated rings. The Hall–Kier alpha value is -4.81. The number of amidine groups is 1. The Morgan fingerprint density at radius 1 is 1.07 bits per heavy atom. The van der Waals surface area contributed by atoms with E-state index in [1.54, 1.807) is 60.4 Å². The molecule has 0 aromatic heterocycles. The van der Waals surface area contributed by atoms with E-state index in [0.717, 1.165) is 0 Å². The third-order valence-corrected chi connectivity index (χ3v) is 6.93. The first kappa shape index (κ1) is 32.1. The number of nitrogen functional groups attached to an aromatic ring is 1. The number of carboxylic acid groups (broad SMARTS) is 1. The summed E-state index contributed by atoms with van der Waals surface area (Å²) in [5, 5.41) is 23.2. The molecule has 3 aromatic rings. The number of amides is 2. The molecular formula is C31H34ClN5O7. The van der Waals surface area contributed by atoms with Crippen LogP contribution >= 0.6 is 11.6 Å². The summed E-state index contributed by atoms with van der Waals surface area (Å²) < 4.78 is 16.8. The van der Waals surface area contributed by atoms with Crippen molar-refractivity contribution >= 4 is 46.6 Å². The number of nitrogens with one attached hydrogen (secondary N) is 3. The lowest BCUT2D eigenvalue weighted by molar-refractivity contribution is -0.139. The van der Waals surface area contributed by atoms with Crippen molar-refractivity contribution in [1.29, 1.82) is 5.41 Å². The number of hydrogen-bond donors (Lipinski definition) is 5. The predicted molar refractivity (Wildman–Crippen MR) is 166 cm³/mol. The third kappa shape index (κ3) is 8.62. The van der Waals surface area contributed by atoms with Gasteiger partial charge in [-0.25, -0.2) is 4.79 Å². The maximum atomic E-state index is 13.3. The number of halogens is 1. The summed E-state index contributed by atoms with van der Waals surface area (Å²) in [5.74, 6) is -1.23. The molecule has 12 nitrogen and oxygen atoms in total. The molecule has 0 unspecified atom stereocenters. The lowest BCUT2D eigenvalue weighted by Gasteiger charge is -2.27. The highest BCUT2D eigenvalue weighted by Crippen LogP contribution is 2.35. The minimum atomic E-state index is -1.16. The van der Waals surface area contributed by atoms with Crippen molar-refractivity contribution in [2.45, 2.75) is 19.9 Å². The number of hydrogen-bond acceptors (Lipinski definition) is 8.